The molecule has 6 nitrogen and oxygen atoms in total. The summed E-state index contributed by atoms with van der Waals surface area (Å²) in [7, 11) is 2.04. The number of benzene rings is 1. The van der Waals surface area contributed by atoms with Crippen LogP contribution in [0.4, 0.5) is 0 Å². The molecule has 142 valence electrons. The molecule has 0 saturated carbocycles. The minimum atomic E-state index is -0.0149. The summed E-state index contributed by atoms with van der Waals surface area (Å²) in [5, 5.41) is 5.45. The molecule has 0 N–H and O–H groups in total. The maximum atomic E-state index is 12.8. The molecule has 3 heterocycles. The molecule has 1 fully saturated rings. The molecule has 0 unspecified atom stereocenters. The maximum absolute atomic E-state index is 12.8. The number of thioether (sulfide) groups is 1. The Morgan fingerprint density at radius 2 is 2.22 bits per heavy atom. The molecule has 1 amide bonds. The Bertz CT molecular complexity index is 906. The van der Waals surface area contributed by atoms with Crippen LogP contribution < -0.4 is 0 Å². The Morgan fingerprint density at radius 1 is 1.33 bits per heavy atom. The van der Waals surface area contributed by atoms with Crippen LogP contribution in [0.2, 0.25) is 0 Å². The van der Waals surface area contributed by atoms with E-state index < -0.39 is 0 Å². The van der Waals surface area contributed by atoms with Gasteiger partial charge < -0.3 is 14.2 Å². The number of rotatable bonds is 5. The van der Waals surface area contributed by atoms with Crippen molar-refractivity contribution in [1.29, 1.82) is 0 Å². The first-order valence-corrected chi connectivity index (χ1v) is 10.2. The molecule has 0 radical (unpaired) electrons. The second-order valence-electron chi connectivity index (χ2n) is 6.82. The van der Waals surface area contributed by atoms with Crippen LogP contribution in [0.1, 0.15) is 6.42 Å². The van der Waals surface area contributed by atoms with Crippen molar-refractivity contribution >= 4 is 28.6 Å². The van der Waals surface area contributed by atoms with E-state index in [1.807, 2.05) is 41.0 Å². The van der Waals surface area contributed by atoms with Crippen molar-refractivity contribution in [2.45, 2.75) is 24.0 Å². The van der Waals surface area contributed by atoms with Crippen molar-refractivity contribution in [3.63, 3.8) is 0 Å². The topological polar surface area (TPSA) is 52.3 Å². The van der Waals surface area contributed by atoms with E-state index in [1.54, 1.807) is 18.0 Å². The van der Waals surface area contributed by atoms with E-state index in [-0.39, 0.29) is 12.0 Å². The van der Waals surface area contributed by atoms with Gasteiger partial charge in [0.25, 0.3) is 0 Å². The zero-order chi connectivity index (χ0) is 18.6. The van der Waals surface area contributed by atoms with Crippen molar-refractivity contribution < 1.29 is 9.53 Å². The van der Waals surface area contributed by atoms with Gasteiger partial charge in [-0.25, -0.2) is 0 Å². The van der Waals surface area contributed by atoms with Crippen molar-refractivity contribution in [2.75, 3.05) is 25.4 Å². The van der Waals surface area contributed by atoms with Gasteiger partial charge in [-0.1, -0.05) is 18.2 Å². The Kier molecular flexibility index (Phi) is 5.50. The molecule has 2 aromatic heterocycles. The van der Waals surface area contributed by atoms with Crippen LogP contribution in [-0.2, 0) is 23.1 Å². The lowest BCUT2D eigenvalue weighted by Crippen LogP contribution is -2.39. The monoisotopic (exact) mass is 384 g/mol. The largest absolute Gasteiger partial charge is 0.374 e. The van der Waals surface area contributed by atoms with Crippen LogP contribution in [0.5, 0.6) is 0 Å². The first-order valence-electron chi connectivity index (χ1n) is 9.24. The number of carbonyl (C=O) groups is 1. The molecule has 3 aromatic rings. The molecule has 1 aliphatic rings. The summed E-state index contributed by atoms with van der Waals surface area (Å²) in [4.78, 5) is 15.9. The molecule has 27 heavy (non-hydrogen) atoms. The quantitative estimate of drug-likeness (QED) is 0.635. The average molecular weight is 385 g/mol. The van der Waals surface area contributed by atoms with E-state index in [0.717, 1.165) is 17.9 Å². The van der Waals surface area contributed by atoms with E-state index in [9.17, 15) is 4.79 Å². The minimum Gasteiger partial charge on any atom is -0.374 e. The fourth-order valence-electron chi connectivity index (χ4n) is 3.50. The van der Waals surface area contributed by atoms with E-state index in [0.29, 0.717) is 25.4 Å². The molecule has 1 saturated heterocycles. The Morgan fingerprint density at radius 3 is 3.07 bits per heavy atom. The summed E-state index contributed by atoms with van der Waals surface area (Å²) in [6.07, 6.45) is 6.66. The highest BCUT2D eigenvalue weighted by atomic mass is 32.2. The van der Waals surface area contributed by atoms with E-state index in [1.165, 1.54) is 10.9 Å². The Hall–Kier alpha value is -2.25. The standard InChI is InChI=1S/C20H24N4O2S/c1-22-14-19(17-6-2-3-7-18(17)22)27-15-20(25)23-9-5-11-26-16(12-23)13-24-10-4-8-21-24/h2-4,6-8,10,14,16H,5,9,11-13,15H2,1H3/t16-/m0/s1. The highest BCUT2D eigenvalue weighted by molar-refractivity contribution is 8.00. The van der Waals surface area contributed by atoms with Gasteiger partial charge in [-0.05, 0) is 18.6 Å². The zero-order valence-corrected chi connectivity index (χ0v) is 16.3. The van der Waals surface area contributed by atoms with Crippen LogP contribution in [0, 0.1) is 0 Å². The first-order chi connectivity index (χ1) is 13.2. The number of ether oxygens (including phenoxy) is 1. The molecule has 1 aromatic carbocycles. The number of hydrogen-bond acceptors (Lipinski definition) is 4. The van der Waals surface area contributed by atoms with Crippen LogP contribution in [0.3, 0.4) is 0 Å². The number of amides is 1. The minimum absolute atomic E-state index is 0.0149. The predicted octanol–water partition coefficient (Wildman–Crippen LogP) is 2.78. The zero-order valence-electron chi connectivity index (χ0n) is 15.5. The molecule has 0 spiro atoms. The van der Waals surface area contributed by atoms with Crippen LogP contribution in [-0.4, -0.2) is 56.7 Å². The normalized spacial score (nSPS) is 18.0. The highest BCUT2D eigenvalue weighted by Gasteiger charge is 2.23. The van der Waals surface area contributed by atoms with Gasteiger partial charge in [0.05, 0.1) is 18.4 Å². The fourth-order valence-corrected chi connectivity index (χ4v) is 4.52. The second-order valence-corrected chi connectivity index (χ2v) is 7.84. The Labute approximate surface area is 163 Å². The number of hydrogen-bond donors (Lipinski definition) is 0. The average Bonchev–Trinajstić information content (AvgIpc) is 3.22. The van der Waals surface area contributed by atoms with Gasteiger partial charge in [0, 0.05) is 61.1 Å². The second kappa shape index (κ2) is 8.19. The van der Waals surface area contributed by atoms with Crippen LogP contribution >= 0.6 is 11.8 Å². The number of para-hydroxylation sites is 1. The summed E-state index contributed by atoms with van der Waals surface area (Å²) in [5.41, 5.74) is 1.19. The van der Waals surface area contributed by atoms with Crippen molar-refractivity contribution in [3.8, 4) is 0 Å². The van der Waals surface area contributed by atoms with E-state index in [4.69, 9.17) is 4.74 Å². The first kappa shape index (κ1) is 18.1. The molecular formula is C20H24N4O2S. The lowest BCUT2D eigenvalue weighted by molar-refractivity contribution is -0.129. The Balaban J connectivity index is 1.39. The molecule has 7 heteroatoms. The van der Waals surface area contributed by atoms with E-state index >= 15 is 0 Å². The number of nitrogens with zero attached hydrogens (tertiary/aromatic N) is 4. The van der Waals surface area contributed by atoms with Crippen LogP contribution in [0.25, 0.3) is 10.9 Å². The van der Waals surface area contributed by atoms with Gasteiger partial charge in [0.1, 0.15) is 0 Å². The third-order valence-corrected chi connectivity index (χ3v) is 5.89. The van der Waals surface area contributed by atoms with Gasteiger partial charge in [0.15, 0.2) is 0 Å². The van der Waals surface area contributed by atoms with Gasteiger partial charge in [-0.15, -0.1) is 11.8 Å². The predicted molar refractivity (Wildman–Crippen MR) is 107 cm³/mol. The van der Waals surface area contributed by atoms with Crippen LogP contribution in [0.15, 0.2) is 53.8 Å². The van der Waals surface area contributed by atoms with Gasteiger partial charge in [0.2, 0.25) is 5.91 Å². The molecule has 4 rings (SSSR count). The smallest absolute Gasteiger partial charge is 0.233 e. The lowest BCUT2D eigenvalue weighted by atomic mass is 10.2. The third-order valence-electron chi connectivity index (χ3n) is 4.86. The molecule has 1 atom stereocenters. The van der Waals surface area contributed by atoms with Crippen molar-refractivity contribution in [1.82, 2.24) is 19.2 Å². The summed E-state index contributed by atoms with van der Waals surface area (Å²) in [5.74, 6) is 0.617. The molecule has 0 aliphatic carbocycles. The molecular weight excluding hydrogens is 360 g/mol. The maximum Gasteiger partial charge on any atom is 0.233 e. The fraction of sp³-hybridized carbons (Fsp3) is 0.400. The number of aromatic nitrogens is 3. The summed E-state index contributed by atoms with van der Waals surface area (Å²) >= 11 is 1.62. The van der Waals surface area contributed by atoms with Gasteiger partial charge in [-0.2, -0.15) is 5.10 Å². The van der Waals surface area contributed by atoms with Crippen molar-refractivity contribution in [3.05, 3.63) is 48.9 Å². The molecule has 0 bridgehead atoms. The van der Waals surface area contributed by atoms with Gasteiger partial charge in [-0.3, -0.25) is 9.48 Å². The van der Waals surface area contributed by atoms with Crippen molar-refractivity contribution in [2.24, 2.45) is 7.05 Å². The molecule has 1 aliphatic heterocycles. The summed E-state index contributed by atoms with van der Waals surface area (Å²) in [6, 6.07) is 10.2. The van der Waals surface area contributed by atoms with Gasteiger partial charge >= 0.3 is 0 Å². The number of aryl methyl sites for hydroxylation is 1. The highest BCUT2D eigenvalue weighted by Crippen LogP contribution is 2.29. The number of fused-ring (bicyclic) bond motifs is 1. The number of carbonyl (C=O) groups excluding carboxylic acids is 1. The summed E-state index contributed by atoms with van der Waals surface area (Å²) in [6.45, 7) is 2.73. The third kappa shape index (κ3) is 4.20. The summed E-state index contributed by atoms with van der Waals surface area (Å²) < 4.78 is 9.89. The lowest BCUT2D eigenvalue weighted by Gasteiger charge is -2.24. The van der Waals surface area contributed by atoms with E-state index in [2.05, 4.69) is 28.0 Å². The SMILES string of the molecule is Cn1cc(SCC(=O)N2CCCO[C@H](Cn3cccn3)C2)c2ccccc21.